The molecule has 2 aromatic rings. The number of hydrogen-bond donors (Lipinski definition) is 2. The van der Waals surface area contributed by atoms with E-state index in [2.05, 4.69) is 10.3 Å². The number of halogens is 2. The fourth-order valence-electron chi connectivity index (χ4n) is 1.58. The first-order valence-corrected chi connectivity index (χ1v) is 6.20. The zero-order chi connectivity index (χ0) is 13.1. The number of aryl methyl sites for hydroxylation is 1. The van der Waals surface area contributed by atoms with E-state index in [-0.39, 0.29) is 5.75 Å². The minimum Gasteiger partial charge on any atom is -0.506 e. The Labute approximate surface area is 115 Å². The molecule has 1 heterocycles. The van der Waals surface area contributed by atoms with E-state index in [4.69, 9.17) is 27.6 Å². The summed E-state index contributed by atoms with van der Waals surface area (Å²) in [4.78, 5) is 4.08. The molecule has 0 radical (unpaired) electrons. The molecule has 4 nitrogen and oxygen atoms in total. The highest BCUT2D eigenvalue weighted by molar-refractivity contribution is 6.42. The lowest BCUT2D eigenvalue weighted by Gasteiger charge is -2.09. The van der Waals surface area contributed by atoms with E-state index in [0.29, 0.717) is 22.3 Å². The van der Waals surface area contributed by atoms with Crippen LogP contribution < -0.4 is 5.32 Å². The molecule has 0 aliphatic heterocycles. The monoisotopic (exact) mass is 286 g/mol. The number of benzene rings is 1. The molecule has 6 heteroatoms. The van der Waals surface area contributed by atoms with Gasteiger partial charge < -0.3 is 14.8 Å². The zero-order valence-electron chi connectivity index (χ0n) is 9.70. The van der Waals surface area contributed by atoms with Crippen LogP contribution in [0.1, 0.15) is 18.4 Å². The van der Waals surface area contributed by atoms with Crippen molar-refractivity contribution in [2.75, 3.05) is 5.32 Å². The molecular weight excluding hydrogens is 275 g/mol. The molecule has 0 spiro atoms. The predicted molar refractivity (Wildman–Crippen MR) is 71.3 cm³/mol. The molecule has 2 rings (SSSR count). The molecule has 1 aromatic heterocycles. The van der Waals surface area contributed by atoms with Gasteiger partial charge in [0.2, 0.25) is 0 Å². The fourth-order valence-corrected chi connectivity index (χ4v) is 1.90. The largest absolute Gasteiger partial charge is 0.506 e. The third kappa shape index (κ3) is 2.71. The quantitative estimate of drug-likeness (QED) is 0.838. The summed E-state index contributed by atoms with van der Waals surface area (Å²) >= 11 is 11.7. The number of hydrogen-bond acceptors (Lipinski definition) is 4. The average molecular weight is 287 g/mol. The number of aromatic nitrogens is 1. The number of aromatic hydroxyl groups is 1. The molecular formula is C12H12Cl2N2O2. The van der Waals surface area contributed by atoms with Crippen molar-refractivity contribution in [2.45, 2.75) is 19.9 Å². The van der Waals surface area contributed by atoms with Crippen LogP contribution in [0, 0.1) is 0 Å². The Morgan fingerprint density at radius 2 is 2.06 bits per heavy atom. The Balaban J connectivity index is 2.13. The molecule has 0 aliphatic carbocycles. The second-order valence-corrected chi connectivity index (χ2v) is 4.53. The summed E-state index contributed by atoms with van der Waals surface area (Å²) in [6.07, 6.45) is 2.20. The van der Waals surface area contributed by atoms with Crippen molar-refractivity contribution in [3.8, 4) is 5.75 Å². The van der Waals surface area contributed by atoms with Crippen LogP contribution in [-0.2, 0) is 13.0 Å². The Bertz CT molecular complexity index is 555. The lowest BCUT2D eigenvalue weighted by Crippen LogP contribution is -2.01. The van der Waals surface area contributed by atoms with Gasteiger partial charge in [-0.3, -0.25) is 0 Å². The Kier molecular flexibility index (Phi) is 3.99. The first-order valence-electron chi connectivity index (χ1n) is 5.45. The van der Waals surface area contributed by atoms with Gasteiger partial charge in [-0.2, -0.15) is 0 Å². The summed E-state index contributed by atoms with van der Waals surface area (Å²) in [5, 5.41) is 13.4. The first kappa shape index (κ1) is 13.1. The molecule has 0 amide bonds. The third-order valence-corrected chi connectivity index (χ3v) is 3.26. The number of oxazole rings is 1. The van der Waals surface area contributed by atoms with Crippen LogP contribution in [0.2, 0.25) is 10.0 Å². The van der Waals surface area contributed by atoms with Gasteiger partial charge in [-0.1, -0.05) is 30.1 Å². The Morgan fingerprint density at radius 1 is 1.33 bits per heavy atom. The second-order valence-electron chi connectivity index (χ2n) is 3.71. The van der Waals surface area contributed by atoms with Gasteiger partial charge >= 0.3 is 0 Å². The SMILES string of the molecule is CCc1ncoc1CNc1cc(Cl)c(Cl)cc1O. The van der Waals surface area contributed by atoms with Gasteiger partial charge in [0, 0.05) is 6.07 Å². The molecule has 0 fully saturated rings. The maximum atomic E-state index is 9.72. The van der Waals surface area contributed by atoms with Crippen molar-refractivity contribution in [3.63, 3.8) is 0 Å². The second kappa shape index (κ2) is 5.50. The summed E-state index contributed by atoms with van der Waals surface area (Å²) in [6, 6.07) is 2.97. The van der Waals surface area contributed by atoms with Gasteiger partial charge in [0.25, 0.3) is 0 Å². The normalized spacial score (nSPS) is 10.6. The number of anilines is 1. The van der Waals surface area contributed by atoms with E-state index in [0.717, 1.165) is 17.9 Å². The smallest absolute Gasteiger partial charge is 0.181 e. The van der Waals surface area contributed by atoms with Crippen LogP contribution in [-0.4, -0.2) is 10.1 Å². The molecule has 0 aliphatic rings. The summed E-state index contributed by atoms with van der Waals surface area (Å²) in [7, 11) is 0. The van der Waals surface area contributed by atoms with Crippen LogP contribution in [0.4, 0.5) is 5.69 Å². The van der Waals surface area contributed by atoms with E-state index >= 15 is 0 Å². The number of phenols is 1. The van der Waals surface area contributed by atoms with Crippen molar-refractivity contribution < 1.29 is 9.52 Å². The number of nitrogens with zero attached hydrogens (tertiary/aromatic N) is 1. The molecule has 2 N–H and O–H groups in total. The van der Waals surface area contributed by atoms with Crippen molar-refractivity contribution in [2.24, 2.45) is 0 Å². The minimum absolute atomic E-state index is 0.0435. The highest BCUT2D eigenvalue weighted by atomic mass is 35.5. The highest BCUT2D eigenvalue weighted by Crippen LogP contribution is 2.33. The van der Waals surface area contributed by atoms with Crippen LogP contribution in [0.15, 0.2) is 22.9 Å². The van der Waals surface area contributed by atoms with Crippen molar-refractivity contribution >= 4 is 28.9 Å². The predicted octanol–water partition coefficient (Wildman–Crippen LogP) is 3.86. The average Bonchev–Trinajstić information content (AvgIpc) is 2.79. The van der Waals surface area contributed by atoms with Crippen molar-refractivity contribution in [3.05, 3.63) is 40.0 Å². The maximum absolute atomic E-state index is 9.72. The molecule has 18 heavy (non-hydrogen) atoms. The number of nitrogens with one attached hydrogen (secondary N) is 1. The molecule has 0 saturated heterocycles. The maximum Gasteiger partial charge on any atom is 0.181 e. The van der Waals surface area contributed by atoms with Crippen LogP contribution >= 0.6 is 23.2 Å². The molecule has 0 unspecified atom stereocenters. The molecule has 96 valence electrons. The fraction of sp³-hybridized carbons (Fsp3) is 0.250. The molecule has 1 aromatic carbocycles. The number of phenolic OH excluding ortho intramolecular Hbond substituents is 1. The molecule has 0 atom stereocenters. The van der Waals surface area contributed by atoms with E-state index in [1.54, 1.807) is 6.07 Å². The van der Waals surface area contributed by atoms with Gasteiger partial charge in [-0.05, 0) is 12.5 Å². The zero-order valence-corrected chi connectivity index (χ0v) is 11.2. The van der Waals surface area contributed by atoms with Crippen molar-refractivity contribution in [1.82, 2.24) is 4.98 Å². The minimum atomic E-state index is 0.0435. The molecule has 0 bridgehead atoms. The summed E-state index contributed by atoms with van der Waals surface area (Å²) < 4.78 is 5.26. The Hall–Kier alpha value is -1.39. The van der Waals surface area contributed by atoms with E-state index in [1.807, 2.05) is 6.92 Å². The van der Waals surface area contributed by atoms with Crippen LogP contribution in [0.5, 0.6) is 5.75 Å². The summed E-state index contributed by atoms with van der Waals surface area (Å²) in [5.74, 6) is 0.782. The number of rotatable bonds is 4. The van der Waals surface area contributed by atoms with Crippen LogP contribution in [0.25, 0.3) is 0 Å². The van der Waals surface area contributed by atoms with Gasteiger partial charge in [0.05, 0.1) is 28.0 Å². The van der Waals surface area contributed by atoms with Crippen molar-refractivity contribution in [1.29, 1.82) is 0 Å². The lowest BCUT2D eigenvalue weighted by molar-refractivity contribution is 0.476. The highest BCUT2D eigenvalue weighted by Gasteiger charge is 2.09. The topological polar surface area (TPSA) is 58.3 Å². The van der Waals surface area contributed by atoms with Gasteiger partial charge in [0.15, 0.2) is 6.39 Å². The van der Waals surface area contributed by atoms with Gasteiger partial charge in [0.1, 0.15) is 11.5 Å². The standard InChI is InChI=1S/C12H12Cl2N2O2/c1-2-9-12(18-6-16-9)5-15-10-3-7(13)8(14)4-11(10)17/h3-4,6,15,17H,2,5H2,1H3. The van der Waals surface area contributed by atoms with Crippen LogP contribution in [0.3, 0.4) is 0 Å². The molecule has 0 saturated carbocycles. The van der Waals surface area contributed by atoms with Gasteiger partial charge in [-0.15, -0.1) is 0 Å². The van der Waals surface area contributed by atoms with E-state index < -0.39 is 0 Å². The third-order valence-electron chi connectivity index (χ3n) is 2.54. The summed E-state index contributed by atoms with van der Waals surface area (Å²) in [5.41, 5.74) is 1.39. The van der Waals surface area contributed by atoms with E-state index in [9.17, 15) is 5.11 Å². The summed E-state index contributed by atoms with van der Waals surface area (Å²) in [6.45, 7) is 2.42. The van der Waals surface area contributed by atoms with E-state index in [1.165, 1.54) is 12.5 Å². The lowest BCUT2D eigenvalue weighted by atomic mass is 10.2. The van der Waals surface area contributed by atoms with Gasteiger partial charge in [-0.25, -0.2) is 4.98 Å². The first-order chi connectivity index (χ1) is 8.61. The Morgan fingerprint density at radius 3 is 2.78 bits per heavy atom.